The summed E-state index contributed by atoms with van der Waals surface area (Å²) < 4.78 is 1.60. The second-order valence-corrected chi connectivity index (χ2v) is 6.23. The number of aryl methyl sites for hydroxylation is 1. The van der Waals surface area contributed by atoms with Gasteiger partial charge in [0.2, 0.25) is 5.95 Å². The first kappa shape index (κ1) is 14.0. The Kier molecular flexibility index (Phi) is 3.18. The van der Waals surface area contributed by atoms with Crippen LogP contribution in [0.3, 0.4) is 0 Å². The fourth-order valence-corrected chi connectivity index (χ4v) is 2.86. The van der Waals surface area contributed by atoms with Crippen molar-refractivity contribution in [3.05, 3.63) is 51.9 Å². The van der Waals surface area contributed by atoms with E-state index in [-0.39, 0.29) is 11.6 Å². The normalized spacial score (nSPS) is 15.7. The monoisotopic (exact) mass is 309 g/mol. The minimum Gasteiger partial charge on any atom is -0.349 e. The molecule has 0 aliphatic heterocycles. The number of aromatic nitrogens is 4. The molecule has 1 unspecified atom stereocenters. The molecule has 23 heavy (non-hydrogen) atoms. The number of anilines is 1. The van der Waals surface area contributed by atoms with E-state index in [0.29, 0.717) is 17.0 Å². The second kappa shape index (κ2) is 5.22. The van der Waals surface area contributed by atoms with E-state index in [2.05, 4.69) is 51.6 Å². The summed E-state index contributed by atoms with van der Waals surface area (Å²) >= 11 is 0. The number of hydrogen-bond acceptors (Lipinski definition) is 4. The molecule has 118 valence electrons. The van der Waals surface area contributed by atoms with Crippen molar-refractivity contribution in [3.8, 4) is 0 Å². The van der Waals surface area contributed by atoms with Gasteiger partial charge in [0.1, 0.15) is 5.39 Å². The Balaban J connectivity index is 1.59. The first-order valence-corrected chi connectivity index (χ1v) is 7.90. The van der Waals surface area contributed by atoms with E-state index in [9.17, 15) is 4.79 Å². The number of benzene rings is 1. The van der Waals surface area contributed by atoms with E-state index in [4.69, 9.17) is 0 Å². The Morgan fingerprint density at radius 2 is 2.04 bits per heavy atom. The van der Waals surface area contributed by atoms with Crippen molar-refractivity contribution in [2.75, 3.05) is 5.32 Å². The zero-order valence-electron chi connectivity index (χ0n) is 13.2. The number of aromatic amines is 1. The summed E-state index contributed by atoms with van der Waals surface area (Å²) in [4.78, 5) is 19.3. The SMILES string of the molecule is CC(Nc1nc2c(cnn2C)c(=O)[nH]1)c1ccc(C2CC2)cc1. The summed E-state index contributed by atoms with van der Waals surface area (Å²) in [7, 11) is 1.78. The lowest BCUT2D eigenvalue weighted by molar-refractivity contribution is 0.782. The maximum Gasteiger partial charge on any atom is 0.263 e. The van der Waals surface area contributed by atoms with Crippen molar-refractivity contribution in [2.45, 2.75) is 31.7 Å². The van der Waals surface area contributed by atoms with Crippen LogP contribution in [0.4, 0.5) is 5.95 Å². The molecule has 1 saturated carbocycles. The molecule has 6 nitrogen and oxygen atoms in total. The molecule has 0 amide bonds. The first-order chi connectivity index (χ1) is 11.1. The molecule has 0 spiro atoms. The average Bonchev–Trinajstić information content (AvgIpc) is 3.32. The van der Waals surface area contributed by atoms with Crippen molar-refractivity contribution < 1.29 is 0 Å². The van der Waals surface area contributed by atoms with Crippen molar-refractivity contribution in [2.24, 2.45) is 7.05 Å². The zero-order chi connectivity index (χ0) is 16.0. The summed E-state index contributed by atoms with van der Waals surface area (Å²) in [5.74, 6) is 1.22. The number of nitrogens with one attached hydrogen (secondary N) is 2. The number of H-pyrrole nitrogens is 1. The fourth-order valence-electron chi connectivity index (χ4n) is 2.86. The lowest BCUT2D eigenvalue weighted by atomic mass is 10.0. The second-order valence-electron chi connectivity index (χ2n) is 6.23. The van der Waals surface area contributed by atoms with Gasteiger partial charge >= 0.3 is 0 Å². The number of nitrogens with zero attached hydrogens (tertiary/aromatic N) is 3. The molecule has 6 heteroatoms. The van der Waals surface area contributed by atoms with E-state index >= 15 is 0 Å². The maximum absolute atomic E-state index is 12.1. The Morgan fingerprint density at radius 3 is 2.74 bits per heavy atom. The minimum atomic E-state index is -0.179. The van der Waals surface area contributed by atoms with Gasteiger partial charge in [0.25, 0.3) is 5.56 Å². The van der Waals surface area contributed by atoms with Crippen LogP contribution >= 0.6 is 0 Å². The van der Waals surface area contributed by atoms with Crippen LogP contribution in [0.1, 0.15) is 42.9 Å². The molecule has 1 fully saturated rings. The molecule has 1 atom stereocenters. The third-order valence-corrected chi connectivity index (χ3v) is 4.44. The molecule has 1 aliphatic rings. The van der Waals surface area contributed by atoms with Crippen LogP contribution in [-0.2, 0) is 7.05 Å². The van der Waals surface area contributed by atoms with Crippen LogP contribution in [0.25, 0.3) is 11.0 Å². The van der Waals surface area contributed by atoms with Crippen molar-refractivity contribution >= 4 is 17.0 Å². The molecule has 0 bridgehead atoms. The largest absolute Gasteiger partial charge is 0.349 e. The van der Waals surface area contributed by atoms with Gasteiger partial charge in [-0.3, -0.25) is 14.5 Å². The average molecular weight is 309 g/mol. The van der Waals surface area contributed by atoms with Gasteiger partial charge in [0.05, 0.1) is 12.2 Å². The Hall–Kier alpha value is -2.63. The highest BCUT2D eigenvalue weighted by Gasteiger charge is 2.23. The summed E-state index contributed by atoms with van der Waals surface area (Å²) in [5.41, 5.74) is 2.99. The minimum absolute atomic E-state index is 0.0529. The highest BCUT2D eigenvalue weighted by molar-refractivity contribution is 5.74. The van der Waals surface area contributed by atoms with Gasteiger partial charge in [-0.1, -0.05) is 24.3 Å². The summed E-state index contributed by atoms with van der Waals surface area (Å²) in [5, 5.41) is 7.84. The molecular formula is C17H19N5O. The Bertz CT molecular complexity index is 905. The first-order valence-electron chi connectivity index (χ1n) is 7.90. The molecular weight excluding hydrogens is 290 g/mol. The quantitative estimate of drug-likeness (QED) is 0.777. The molecule has 4 rings (SSSR count). The van der Waals surface area contributed by atoms with Gasteiger partial charge in [-0.2, -0.15) is 10.1 Å². The van der Waals surface area contributed by atoms with E-state index in [0.717, 1.165) is 5.92 Å². The van der Waals surface area contributed by atoms with Gasteiger partial charge in [-0.05, 0) is 36.8 Å². The van der Waals surface area contributed by atoms with Crippen LogP contribution in [0.15, 0.2) is 35.3 Å². The summed E-state index contributed by atoms with van der Waals surface area (Å²) in [6.07, 6.45) is 4.15. The lowest BCUT2D eigenvalue weighted by Crippen LogP contribution is -2.15. The number of hydrogen-bond donors (Lipinski definition) is 2. The fraction of sp³-hybridized carbons (Fsp3) is 0.353. The van der Waals surface area contributed by atoms with Crippen LogP contribution in [0.5, 0.6) is 0 Å². The van der Waals surface area contributed by atoms with E-state index in [1.165, 1.54) is 30.2 Å². The number of fused-ring (bicyclic) bond motifs is 1. The topological polar surface area (TPSA) is 75.6 Å². The molecule has 2 aromatic heterocycles. The van der Waals surface area contributed by atoms with Crippen molar-refractivity contribution in [3.63, 3.8) is 0 Å². The molecule has 2 N–H and O–H groups in total. The molecule has 0 radical (unpaired) electrons. The standard InChI is InChI=1S/C17H19N5O/c1-10(11-3-5-12(6-4-11)13-7-8-13)19-17-20-15-14(16(23)21-17)9-18-22(15)2/h3-6,9-10,13H,7-8H2,1-2H3,(H2,19,20,21,23). The molecule has 1 aliphatic carbocycles. The zero-order valence-corrected chi connectivity index (χ0v) is 13.2. The van der Waals surface area contributed by atoms with E-state index in [1.54, 1.807) is 11.7 Å². The van der Waals surface area contributed by atoms with Gasteiger partial charge in [-0.15, -0.1) is 0 Å². The van der Waals surface area contributed by atoms with Crippen LogP contribution in [-0.4, -0.2) is 19.7 Å². The predicted molar refractivity (Wildman–Crippen MR) is 89.6 cm³/mol. The molecule has 2 heterocycles. The van der Waals surface area contributed by atoms with Gasteiger partial charge < -0.3 is 5.32 Å². The van der Waals surface area contributed by atoms with E-state index in [1.807, 2.05) is 0 Å². The van der Waals surface area contributed by atoms with Gasteiger partial charge in [0.15, 0.2) is 5.65 Å². The highest BCUT2D eigenvalue weighted by Crippen LogP contribution is 2.40. The van der Waals surface area contributed by atoms with Crippen LogP contribution in [0, 0.1) is 0 Å². The van der Waals surface area contributed by atoms with Crippen LogP contribution in [0.2, 0.25) is 0 Å². The van der Waals surface area contributed by atoms with Crippen molar-refractivity contribution in [1.29, 1.82) is 0 Å². The van der Waals surface area contributed by atoms with Crippen molar-refractivity contribution in [1.82, 2.24) is 19.7 Å². The summed E-state index contributed by atoms with van der Waals surface area (Å²) in [6, 6.07) is 8.74. The Labute approximate surface area is 133 Å². The smallest absolute Gasteiger partial charge is 0.263 e. The lowest BCUT2D eigenvalue weighted by Gasteiger charge is -2.15. The third-order valence-electron chi connectivity index (χ3n) is 4.44. The number of rotatable bonds is 4. The van der Waals surface area contributed by atoms with E-state index < -0.39 is 0 Å². The molecule has 3 aromatic rings. The van der Waals surface area contributed by atoms with Gasteiger partial charge in [0, 0.05) is 7.05 Å². The molecule has 1 aromatic carbocycles. The molecule has 0 saturated heterocycles. The third kappa shape index (κ3) is 2.60. The maximum atomic E-state index is 12.1. The van der Waals surface area contributed by atoms with Gasteiger partial charge in [-0.25, -0.2) is 0 Å². The predicted octanol–water partition coefficient (Wildman–Crippen LogP) is 2.71. The highest BCUT2D eigenvalue weighted by atomic mass is 16.1. The Morgan fingerprint density at radius 1 is 1.30 bits per heavy atom. The van der Waals surface area contributed by atoms with Crippen LogP contribution < -0.4 is 10.9 Å². The summed E-state index contributed by atoms with van der Waals surface area (Å²) in [6.45, 7) is 2.06.